The molecule has 31 heavy (non-hydrogen) atoms. The summed E-state index contributed by atoms with van der Waals surface area (Å²) >= 11 is 6.04. The summed E-state index contributed by atoms with van der Waals surface area (Å²) in [5, 5.41) is 29.3. The summed E-state index contributed by atoms with van der Waals surface area (Å²) < 4.78 is 5.61. The van der Waals surface area contributed by atoms with Gasteiger partial charge in [-0.25, -0.2) is 0 Å². The third-order valence-corrected chi connectivity index (χ3v) is 5.39. The van der Waals surface area contributed by atoms with E-state index in [2.05, 4.69) is 0 Å². The normalized spacial score (nSPS) is 14.2. The van der Waals surface area contributed by atoms with Crippen LogP contribution >= 0.6 is 11.6 Å². The third kappa shape index (κ3) is 5.73. The van der Waals surface area contributed by atoms with Gasteiger partial charge in [-0.05, 0) is 37.1 Å². The first-order valence-corrected chi connectivity index (χ1v) is 10.4. The van der Waals surface area contributed by atoms with Crippen LogP contribution in [0.3, 0.4) is 0 Å². The van der Waals surface area contributed by atoms with Gasteiger partial charge in [0.15, 0.2) is 17.2 Å². The van der Waals surface area contributed by atoms with Gasteiger partial charge in [-0.2, -0.15) is 0 Å². The minimum Gasteiger partial charge on any atom is -0.504 e. The van der Waals surface area contributed by atoms with E-state index in [0.29, 0.717) is 62.8 Å². The fraction of sp³-hybridized carbons (Fsp3) is 0.364. The van der Waals surface area contributed by atoms with Gasteiger partial charge in [-0.15, -0.1) is 0 Å². The fourth-order valence-corrected chi connectivity index (χ4v) is 3.60. The number of hydrogen-bond donors (Lipinski definition) is 3. The molecule has 2 aromatic rings. The Balaban J connectivity index is 1.48. The molecule has 0 atom stereocenters. The van der Waals surface area contributed by atoms with Gasteiger partial charge in [0.25, 0.3) is 5.91 Å². The number of aromatic hydroxyl groups is 3. The highest BCUT2D eigenvalue weighted by molar-refractivity contribution is 6.32. The number of halogens is 1. The average Bonchev–Trinajstić information content (AvgIpc) is 3.01. The lowest BCUT2D eigenvalue weighted by atomic mass is 10.1. The van der Waals surface area contributed by atoms with E-state index >= 15 is 0 Å². The van der Waals surface area contributed by atoms with Crippen molar-refractivity contribution in [3.05, 3.63) is 47.0 Å². The van der Waals surface area contributed by atoms with E-state index in [1.54, 1.807) is 21.9 Å². The van der Waals surface area contributed by atoms with Gasteiger partial charge in [0.05, 0.1) is 11.6 Å². The number of benzene rings is 2. The largest absolute Gasteiger partial charge is 0.504 e. The molecule has 1 heterocycles. The van der Waals surface area contributed by atoms with Crippen molar-refractivity contribution in [2.45, 2.75) is 19.3 Å². The molecule has 1 aliphatic heterocycles. The molecule has 2 aromatic carbocycles. The van der Waals surface area contributed by atoms with E-state index in [1.165, 1.54) is 0 Å². The summed E-state index contributed by atoms with van der Waals surface area (Å²) in [5.74, 6) is -1.58. The van der Waals surface area contributed by atoms with Gasteiger partial charge in [0, 0.05) is 38.2 Å². The van der Waals surface area contributed by atoms with Crippen molar-refractivity contribution in [2.75, 3.05) is 32.8 Å². The maximum absolute atomic E-state index is 12.7. The van der Waals surface area contributed by atoms with Crippen LogP contribution in [0.15, 0.2) is 36.4 Å². The maximum atomic E-state index is 12.7. The lowest BCUT2D eigenvalue weighted by Gasteiger charge is -2.22. The van der Waals surface area contributed by atoms with Crippen molar-refractivity contribution < 1.29 is 29.6 Å². The molecule has 0 aromatic heterocycles. The zero-order valence-corrected chi connectivity index (χ0v) is 17.7. The summed E-state index contributed by atoms with van der Waals surface area (Å²) in [6, 6.07) is 9.40. The summed E-state index contributed by atoms with van der Waals surface area (Å²) in [6.45, 7) is 2.09. The van der Waals surface area contributed by atoms with Crippen LogP contribution in [0.1, 0.15) is 29.6 Å². The number of rotatable bonds is 6. The van der Waals surface area contributed by atoms with E-state index in [-0.39, 0.29) is 17.4 Å². The number of hydrogen-bond acceptors (Lipinski definition) is 6. The van der Waals surface area contributed by atoms with Crippen molar-refractivity contribution in [3.63, 3.8) is 0 Å². The second-order valence-corrected chi connectivity index (χ2v) is 7.68. The number of amides is 2. The average molecular weight is 449 g/mol. The van der Waals surface area contributed by atoms with E-state index < -0.39 is 17.2 Å². The monoisotopic (exact) mass is 448 g/mol. The highest BCUT2D eigenvalue weighted by Gasteiger charge is 2.24. The molecule has 0 saturated carbocycles. The SMILES string of the molecule is O=C(CCCOc1ccccc1Cl)N1CCCN(C(=O)c2cc(O)c(O)c(O)c2)CC1. The molecule has 3 rings (SSSR count). The number of phenolic OH excluding ortho intramolecular Hbond substituents is 3. The zero-order chi connectivity index (χ0) is 22.4. The number of carbonyl (C=O) groups excluding carboxylic acids is 2. The Kier molecular flexibility index (Phi) is 7.46. The van der Waals surface area contributed by atoms with Crippen LogP contribution in [0, 0.1) is 0 Å². The molecule has 0 spiro atoms. The molecular formula is C22H25ClN2O6. The quantitative estimate of drug-likeness (QED) is 0.463. The molecule has 166 valence electrons. The van der Waals surface area contributed by atoms with Gasteiger partial charge in [-0.3, -0.25) is 9.59 Å². The lowest BCUT2D eigenvalue weighted by Crippen LogP contribution is -2.37. The Hall–Kier alpha value is -3.13. The number of phenols is 3. The molecule has 8 nitrogen and oxygen atoms in total. The van der Waals surface area contributed by atoms with E-state index in [9.17, 15) is 24.9 Å². The summed E-state index contributed by atoms with van der Waals surface area (Å²) in [6.07, 6.45) is 1.50. The van der Waals surface area contributed by atoms with Gasteiger partial charge in [0.1, 0.15) is 5.75 Å². The van der Waals surface area contributed by atoms with Crippen LogP contribution in [-0.2, 0) is 4.79 Å². The van der Waals surface area contributed by atoms with Crippen molar-refractivity contribution in [2.24, 2.45) is 0 Å². The van der Waals surface area contributed by atoms with Crippen LogP contribution in [0.25, 0.3) is 0 Å². The van der Waals surface area contributed by atoms with E-state index in [1.807, 2.05) is 12.1 Å². The molecule has 1 fully saturated rings. The van der Waals surface area contributed by atoms with Crippen LogP contribution in [-0.4, -0.2) is 69.7 Å². The summed E-state index contributed by atoms with van der Waals surface area (Å²) in [5.41, 5.74) is 0.0734. The number of ether oxygens (including phenoxy) is 1. The van der Waals surface area contributed by atoms with Gasteiger partial charge >= 0.3 is 0 Å². The van der Waals surface area contributed by atoms with Crippen LogP contribution in [0.5, 0.6) is 23.0 Å². The Bertz CT molecular complexity index is 928. The summed E-state index contributed by atoms with van der Waals surface area (Å²) in [4.78, 5) is 28.6. The van der Waals surface area contributed by atoms with Crippen molar-refractivity contribution in [3.8, 4) is 23.0 Å². The minimum absolute atomic E-state index is 0.00280. The maximum Gasteiger partial charge on any atom is 0.254 e. The lowest BCUT2D eigenvalue weighted by molar-refractivity contribution is -0.131. The first-order valence-electron chi connectivity index (χ1n) is 10.1. The highest BCUT2D eigenvalue weighted by atomic mass is 35.5. The van der Waals surface area contributed by atoms with Crippen LogP contribution in [0.2, 0.25) is 5.02 Å². The molecule has 1 saturated heterocycles. The van der Waals surface area contributed by atoms with Crippen molar-refractivity contribution in [1.82, 2.24) is 9.80 Å². The van der Waals surface area contributed by atoms with Gasteiger partial charge in [0.2, 0.25) is 5.91 Å². The van der Waals surface area contributed by atoms with Crippen LogP contribution < -0.4 is 4.74 Å². The predicted octanol–water partition coefficient (Wildman–Crippen LogP) is 2.99. The predicted molar refractivity (Wildman–Crippen MR) is 115 cm³/mol. The topological polar surface area (TPSA) is 111 Å². The Labute approximate surface area is 185 Å². The van der Waals surface area contributed by atoms with Gasteiger partial charge < -0.3 is 29.9 Å². The first-order chi connectivity index (χ1) is 14.9. The molecule has 2 amide bonds. The van der Waals surface area contributed by atoms with Gasteiger partial charge in [-0.1, -0.05) is 23.7 Å². The van der Waals surface area contributed by atoms with Crippen molar-refractivity contribution >= 4 is 23.4 Å². The molecule has 9 heteroatoms. The second-order valence-electron chi connectivity index (χ2n) is 7.27. The van der Waals surface area contributed by atoms with Crippen LogP contribution in [0.4, 0.5) is 0 Å². The Morgan fingerprint density at radius 3 is 2.32 bits per heavy atom. The van der Waals surface area contributed by atoms with E-state index in [0.717, 1.165) is 12.1 Å². The number of carbonyl (C=O) groups is 2. The Morgan fingerprint density at radius 1 is 0.968 bits per heavy atom. The standard InChI is InChI=1S/C22H25ClN2O6/c23-16-5-1-2-6-19(16)31-12-3-7-20(28)24-8-4-9-25(11-10-24)22(30)15-13-17(26)21(29)18(27)14-15/h1-2,5-6,13-14,26-27,29H,3-4,7-12H2. The first kappa shape index (κ1) is 22.6. The molecule has 0 unspecified atom stereocenters. The zero-order valence-electron chi connectivity index (χ0n) is 17.0. The molecule has 0 radical (unpaired) electrons. The molecule has 0 aliphatic carbocycles. The fourth-order valence-electron chi connectivity index (χ4n) is 3.41. The second kappa shape index (κ2) is 10.3. The third-order valence-electron chi connectivity index (χ3n) is 5.08. The summed E-state index contributed by atoms with van der Waals surface area (Å²) in [7, 11) is 0. The smallest absolute Gasteiger partial charge is 0.254 e. The molecule has 1 aliphatic rings. The molecular weight excluding hydrogens is 424 g/mol. The molecule has 3 N–H and O–H groups in total. The molecule has 0 bridgehead atoms. The number of nitrogens with zero attached hydrogens (tertiary/aromatic N) is 2. The Morgan fingerprint density at radius 2 is 1.61 bits per heavy atom. The minimum atomic E-state index is -0.664. The van der Waals surface area contributed by atoms with E-state index in [4.69, 9.17) is 16.3 Å². The number of para-hydroxylation sites is 1. The van der Waals surface area contributed by atoms with Crippen molar-refractivity contribution in [1.29, 1.82) is 0 Å². The highest BCUT2D eigenvalue weighted by Crippen LogP contribution is 2.35.